The smallest absolute Gasteiger partial charge is 0.278 e. The lowest BCUT2D eigenvalue weighted by Gasteiger charge is -1.97. The molecule has 1 rings (SSSR count). The maximum absolute atomic E-state index is 11.1. The van der Waals surface area contributed by atoms with Crippen LogP contribution in [0.2, 0.25) is 0 Å². The first-order chi connectivity index (χ1) is 5.65. The number of nitrogens with one attached hydrogen (secondary N) is 1. The fraction of sp³-hybridized carbons (Fsp3) is 0.167. The van der Waals surface area contributed by atoms with Crippen molar-refractivity contribution >= 4 is 18.0 Å². The number of nitrogen functional groups attached to an aromatic ring is 1. The molecule has 1 aromatic rings. The van der Waals surface area contributed by atoms with Gasteiger partial charge in [0.05, 0.1) is 12.0 Å². The largest absolute Gasteiger partial charge is 0.390 e. The van der Waals surface area contributed by atoms with E-state index in [-0.39, 0.29) is 17.2 Å². The second-order valence-corrected chi connectivity index (χ2v) is 2.16. The molecule has 6 heteroatoms. The number of aliphatic imine (C=N–C) groups is 1. The van der Waals surface area contributed by atoms with Crippen LogP contribution in [0.5, 0.6) is 0 Å². The minimum atomic E-state index is -0.387. The fourth-order valence-electron chi connectivity index (χ4n) is 0.828. The highest BCUT2D eigenvalue weighted by molar-refractivity contribution is 5.59. The molecule has 0 aliphatic heterocycles. The molecule has 0 fully saturated rings. The van der Waals surface area contributed by atoms with Crippen molar-refractivity contribution in [3.8, 4) is 0 Å². The summed E-state index contributed by atoms with van der Waals surface area (Å²) in [6.45, 7) is 1.63. The molecule has 0 radical (unpaired) electrons. The molecule has 1 aromatic heterocycles. The average molecular weight is 167 g/mol. The summed E-state index contributed by atoms with van der Waals surface area (Å²) in [5.74, 6) is 0.0773. The predicted molar refractivity (Wildman–Crippen MR) is 46.3 cm³/mol. The molecule has 64 valence electrons. The molecule has 0 aliphatic carbocycles. The van der Waals surface area contributed by atoms with Gasteiger partial charge in [0.25, 0.3) is 5.56 Å². The van der Waals surface area contributed by atoms with Crippen molar-refractivity contribution in [3.63, 3.8) is 0 Å². The molecule has 0 aliphatic rings. The van der Waals surface area contributed by atoms with Crippen molar-refractivity contribution in [1.82, 2.24) is 9.97 Å². The number of H-pyrrole nitrogens is 1. The van der Waals surface area contributed by atoms with E-state index in [0.29, 0.717) is 5.69 Å². The molecule has 12 heavy (non-hydrogen) atoms. The molecule has 0 saturated carbocycles. The minimum absolute atomic E-state index is 0.0773. The van der Waals surface area contributed by atoms with Crippen LogP contribution in [-0.4, -0.2) is 16.3 Å². The molecule has 0 atom stereocenters. The SMILES string of the molecule is Cc1nc(N)[nH]c(=O)c1N=CN. The summed E-state index contributed by atoms with van der Waals surface area (Å²) in [6, 6.07) is 0. The first-order valence-electron chi connectivity index (χ1n) is 3.26. The van der Waals surface area contributed by atoms with Crippen LogP contribution in [0, 0.1) is 6.92 Å². The van der Waals surface area contributed by atoms with Gasteiger partial charge in [-0.05, 0) is 6.92 Å². The van der Waals surface area contributed by atoms with Gasteiger partial charge in [0.1, 0.15) is 0 Å². The lowest BCUT2D eigenvalue weighted by atomic mass is 10.4. The molecule has 5 N–H and O–H groups in total. The van der Waals surface area contributed by atoms with Crippen LogP contribution < -0.4 is 17.0 Å². The third-order valence-corrected chi connectivity index (χ3v) is 1.29. The summed E-state index contributed by atoms with van der Waals surface area (Å²) in [4.78, 5) is 20.9. The summed E-state index contributed by atoms with van der Waals surface area (Å²) < 4.78 is 0. The predicted octanol–water partition coefficient (Wildman–Crippen LogP) is -0.721. The van der Waals surface area contributed by atoms with Crippen molar-refractivity contribution in [2.75, 3.05) is 5.73 Å². The Labute approximate surface area is 68.3 Å². The number of aromatic amines is 1. The van der Waals surface area contributed by atoms with Crippen LogP contribution in [-0.2, 0) is 0 Å². The maximum atomic E-state index is 11.1. The first-order valence-corrected chi connectivity index (χ1v) is 3.26. The van der Waals surface area contributed by atoms with E-state index in [1.807, 2.05) is 0 Å². The second kappa shape index (κ2) is 3.04. The monoisotopic (exact) mass is 167 g/mol. The first kappa shape index (κ1) is 8.25. The zero-order chi connectivity index (χ0) is 9.14. The second-order valence-electron chi connectivity index (χ2n) is 2.16. The minimum Gasteiger partial charge on any atom is -0.390 e. The van der Waals surface area contributed by atoms with Crippen molar-refractivity contribution < 1.29 is 0 Å². The Morgan fingerprint density at radius 1 is 1.67 bits per heavy atom. The number of aryl methyl sites for hydroxylation is 1. The number of nitrogens with two attached hydrogens (primary N) is 2. The summed E-state index contributed by atoms with van der Waals surface area (Å²) in [6.07, 6.45) is 1.04. The summed E-state index contributed by atoms with van der Waals surface area (Å²) in [7, 11) is 0. The molecule has 0 saturated heterocycles. The highest BCUT2D eigenvalue weighted by Crippen LogP contribution is 2.08. The molecular formula is C6H9N5O. The van der Waals surface area contributed by atoms with E-state index in [1.54, 1.807) is 6.92 Å². The fourth-order valence-corrected chi connectivity index (χ4v) is 0.828. The number of aromatic nitrogens is 2. The Morgan fingerprint density at radius 3 is 2.83 bits per heavy atom. The Bertz CT molecular complexity index is 367. The molecule has 0 aromatic carbocycles. The highest BCUT2D eigenvalue weighted by Gasteiger charge is 2.03. The standard InChI is InChI=1S/C6H9N5O/c1-3-4(9-2-7)5(12)11-6(8)10-3/h2H,1H3,(H2,7,9)(H3,8,10,11,12). The van der Waals surface area contributed by atoms with Crippen molar-refractivity contribution in [2.24, 2.45) is 10.7 Å². The van der Waals surface area contributed by atoms with Crippen LogP contribution in [0.15, 0.2) is 9.79 Å². The topological polar surface area (TPSA) is 110 Å². The van der Waals surface area contributed by atoms with Gasteiger partial charge in [-0.2, -0.15) is 0 Å². The van der Waals surface area contributed by atoms with Crippen LogP contribution in [0.4, 0.5) is 11.6 Å². The Balaban J connectivity index is 3.38. The number of hydrogen-bond donors (Lipinski definition) is 3. The van der Waals surface area contributed by atoms with Crippen molar-refractivity contribution in [3.05, 3.63) is 16.0 Å². The Hall–Kier alpha value is -1.85. The van der Waals surface area contributed by atoms with E-state index in [9.17, 15) is 4.79 Å². The van der Waals surface area contributed by atoms with Gasteiger partial charge in [-0.3, -0.25) is 9.78 Å². The number of anilines is 1. The van der Waals surface area contributed by atoms with Gasteiger partial charge in [0, 0.05) is 0 Å². The summed E-state index contributed by atoms with van der Waals surface area (Å²) >= 11 is 0. The Morgan fingerprint density at radius 2 is 2.33 bits per heavy atom. The van der Waals surface area contributed by atoms with E-state index in [4.69, 9.17) is 11.5 Å². The van der Waals surface area contributed by atoms with Gasteiger partial charge in [-0.1, -0.05) is 0 Å². The van der Waals surface area contributed by atoms with Gasteiger partial charge >= 0.3 is 0 Å². The molecule has 0 amide bonds. The lowest BCUT2D eigenvalue weighted by molar-refractivity contribution is 1.07. The van der Waals surface area contributed by atoms with E-state index >= 15 is 0 Å². The van der Waals surface area contributed by atoms with Crippen molar-refractivity contribution in [2.45, 2.75) is 6.92 Å². The van der Waals surface area contributed by atoms with Gasteiger partial charge in [-0.25, -0.2) is 9.98 Å². The average Bonchev–Trinajstić information content (AvgIpc) is 1.96. The van der Waals surface area contributed by atoms with E-state index in [0.717, 1.165) is 6.34 Å². The lowest BCUT2D eigenvalue weighted by Crippen LogP contribution is -2.12. The zero-order valence-electron chi connectivity index (χ0n) is 6.53. The Kier molecular flexibility index (Phi) is 2.09. The van der Waals surface area contributed by atoms with Crippen LogP contribution in [0.25, 0.3) is 0 Å². The van der Waals surface area contributed by atoms with E-state index < -0.39 is 0 Å². The summed E-state index contributed by atoms with van der Waals surface area (Å²) in [5.41, 5.74) is 10.6. The normalized spacial score (nSPS) is 10.8. The maximum Gasteiger partial charge on any atom is 0.278 e. The number of hydrogen-bond acceptors (Lipinski definition) is 4. The molecule has 0 spiro atoms. The van der Waals surface area contributed by atoms with Gasteiger partial charge in [0.15, 0.2) is 5.69 Å². The van der Waals surface area contributed by atoms with Crippen LogP contribution in [0.3, 0.4) is 0 Å². The molecule has 6 nitrogen and oxygen atoms in total. The van der Waals surface area contributed by atoms with Crippen LogP contribution >= 0.6 is 0 Å². The highest BCUT2D eigenvalue weighted by atomic mass is 16.1. The van der Waals surface area contributed by atoms with Crippen molar-refractivity contribution in [1.29, 1.82) is 0 Å². The van der Waals surface area contributed by atoms with Gasteiger partial charge < -0.3 is 11.5 Å². The molecule has 0 bridgehead atoms. The zero-order valence-corrected chi connectivity index (χ0v) is 6.53. The van der Waals surface area contributed by atoms with E-state index in [1.165, 1.54) is 0 Å². The van der Waals surface area contributed by atoms with Gasteiger partial charge in [0.2, 0.25) is 5.95 Å². The third kappa shape index (κ3) is 1.42. The quantitative estimate of drug-likeness (QED) is 0.378. The molecular weight excluding hydrogens is 158 g/mol. The van der Waals surface area contributed by atoms with Crippen LogP contribution in [0.1, 0.15) is 5.69 Å². The molecule has 0 unspecified atom stereocenters. The van der Waals surface area contributed by atoms with Gasteiger partial charge in [-0.15, -0.1) is 0 Å². The summed E-state index contributed by atoms with van der Waals surface area (Å²) in [5, 5.41) is 0. The van der Waals surface area contributed by atoms with E-state index in [2.05, 4.69) is 15.0 Å². The third-order valence-electron chi connectivity index (χ3n) is 1.29. The molecule has 1 heterocycles. The number of rotatable bonds is 1. The number of nitrogens with zero attached hydrogens (tertiary/aromatic N) is 2.